The lowest BCUT2D eigenvalue weighted by Gasteiger charge is -2.11. The molecule has 1 rings (SSSR count). The van der Waals surface area contributed by atoms with Crippen LogP contribution in [0, 0.1) is 5.92 Å². The van der Waals surface area contributed by atoms with E-state index in [2.05, 4.69) is 11.9 Å². The fourth-order valence-electron chi connectivity index (χ4n) is 1.36. The molecule has 1 amide bonds. The Labute approximate surface area is 111 Å². The summed E-state index contributed by atoms with van der Waals surface area (Å²) < 4.78 is 5.37. The van der Waals surface area contributed by atoms with Crippen LogP contribution in [0.5, 0.6) is 5.75 Å². The van der Waals surface area contributed by atoms with Crippen molar-refractivity contribution in [3.63, 3.8) is 0 Å². The van der Waals surface area contributed by atoms with E-state index in [0.29, 0.717) is 17.9 Å². The van der Waals surface area contributed by atoms with Gasteiger partial charge >= 0.3 is 5.97 Å². The molecule has 0 aliphatic carbocycles. The maximum Gasteiger partial charge on any atom is 0.308 e. The summed E-state index contributed by atoms with van der Waals surface area (Å²) in [5, 5.41) is 11.3. The lowest BCUT2D eigenvalue weighted by Crippen LogP contribution is -2.31. The topological polar surface area (TPSA) is 75.6 Å². The number of hydrogen-bond acceptors (Lipinski definition) is 3. The van der Waals surface area contributed by atoms with Gasteiger partial charge in [-0.1, -0.05) is 31.7 Å². The summed E-state index contributed by atoms with van der Waals surface area (Å²) in [5.74, 6) is -1.49. The van der Waals surface area contributed by atoms with E-state index in [9.17, 15) is 9.59 Å². The Morgan fingerprint density at radius 3 is 2.79 bits per heavy atom. The number of para-hydroxylation sites is 1. The minimum Gasteiger partial charge on any atom is -0.489 e. The molecule has 0 radical (unpaired) electrons. The Morgan fingerprint density at radius 1 is 1.47 bits per heavy atom. The number of nitrogens with one attached hydrogen (secondary N) is 1. The molecule has 0 heterocycles. The van der Waals surface area contributed by atoms with Crippen LogP contribution in [0.25, 0.3) is 0 Å². The van der Waals surface area contributed by atoms with E-state index in [4.69, 9.17) is 9.84 Å². The van der Waals surface area contributed by atoms with Gasteiger partial charge in [0.2, 0.25) is 0 Å². The van der Waals surface area contributed by atoms with Crippen molar-refractivity contribution in [3.05, 3.63) is 42.5 Å². The molecule has 0 aliphatic heterocycles. The Hall–Kier alpha value is -2.30. The van der Waals surface area contributed by atoms with E-state index in [1.807, 2.05) is 0 Å². The number of benzene rings is 1. The van der Waals surface area contributed by atoms with Crippen LogP contribution < -0.4 is 10.1 Å². The fraction of sp³-hybridized carbons (Fsp3) is 0.286. The number of ether oxygens (including phenoxy) is 1. The second kappa shape index (κ2) is 7.20. The van der Waals surface area contributed by atoms with Crippen LogP contribution in [0.3, 0.4) is 0 Å². The molecule has 0 saturated heterocycles. The molecule has 1 atom stereocenters. The number of carboxylic acids is 1. The standard InChI is InChI=1S/C14H17NO4/c1-3-8-19-12-7-5-4-6-11(12)13(16)15-9-10(2)14(17)18/h3-7,10H,1,8-9H2,2H3,(H,15,16)(H,17,18). The highest BCUT2D eigenvalue weighted by Gasteiger charge is 2.15. The predicted octanol–water partition coefficient (Wildman–Crippen LogP) is 1.70. The van der Waals surface area contributed by atoms with Gasteiger partial charge < -0.3 is 15.2 Å². The zero-order valence-corrected chi connectivity index (χ0v) is 10.8. The van der Waals surface area contributed by atoms with Gasteiger partial charge in [0.15, 0.2) is 0 Å². The van der Waals surface area contributed by atoms with Gasteiger partial charge in [-0.25, -0.2) is 0 Å². The second-order valence-corrected chi connectivity index (χ2v) is 4.05. The Kier molecular flexibility index (Phi) is 5.60. The van der Waals surface area contributed by atoms with Crippen molar-refractivity contribution in [2.45, 2.75) is 6.92 Å². The molecule has 0 aromatic heterocycles. The molecule has 0 bridgehead atoms. The summed E-state index contributed by atoms with van der Waals surface area (Å²) in [7, 11) is 0. The smallest absolute Gasteiger partial charge is 0.308 e. The highest BCUT2D eigenvalue weighted by atomic mass is 16.5. The van der Waals surface area contributed by atoms with Gasteiger partial charge in [0.25, 0.3) is 5.91 Å². The van der Waals surface area contributed by atoms with Gasteiger partial charge in [0.05, 0.1) is 11.5 Å². The maximum absolute atomic E-state index is 11.9. The fourth-order valence-corrected chi connectivity index (χ4v) is 1.36. The lowest BCUT2D eigenvalue weighted by molar-refractivity contribution is -0.140. The first kappa shape index (κ1) is 14.8. The minimum absolute atomic E-state index is 0.0734. The Balaban J connectivity index is 2.70. The molecule has 0 fully saturated rings. The van der Waals surface area contributed by atoms with E-state index < -0.39 is 11.9 Å². The van der Waals surface area contributed by atoms with Crippen molar-refractivity contribution in [1.29, 1.82) is 0 Å². The van der Waals surface area contributed by atoms with Crippen molar-refractivity contribution in [2.75, 3.05) is 13.2 Å². The van der Waals surface area contributed by atoms with Gasteiger partial charge in [0.1, 0.15) is 12.4 Å². The van der Waals surface area contributed by atoms with Gasteiger partial charge in [-0.2, -0.15) is 0 Å². The van der Waals surface area contributed by atoms with Crippen LogP contribution in [-0.2, 0) is 4.79 Å². The normalized spacial score (nSPS) is 11.4. The van der Waals surface area contributed by atoms with Crippen molar-refractivity contribution in [2.24, 2.45) is 5.92 Å². The number of carboxylic acid groups (broad SMARTS) is 1. The average molecular weight is 263 g/mol. The van der Waals surface area contributed by atoms with Crippen molar-refractivity contribution >= 4 is 11.9 Å². The summed E-state index contributed by atoms with van der Waals surface area (Å²) in [4.78, 5) is 22.6. The van der Waals surface area contributed by atoms with Gasteiger partial charge in [-0.3, -0.25) is 9.59 Å². The predicted molar refractivity (Wildman–Crippen MR) is 71.3 cm³/mol. The van der Waals surface area contributed by atoms with E-state index in [-0.39, 0.29) is 12.5 Å². The number of amides is 1. The lowest BCUT2D eigenvalue weighted by atomic mass is 10.1. The summed E-state index contributed by atoms with van der Waals surface area (Å²) in [6, 6.07) is 6.78. The van der Waals surface area contributed by atoms with Crippen LogP contribution in [0.4, 0.5) is 0 Å². The molecule has 0 aliphatic rings. The molecular formula is C14H17NO4. The highest BCUT2D eigenvalue weighted by Crippen LogP contribution is 2.17. The van der Waals surface area contributed by atoms with E-state index in [1.165, 1.54) is 6.92 Å². The van der Waals surface area contributed by atoms with Gasteiger partial charge in [-0.15, -0.1) is 0 Å². The second-order valence-electron chi connectivity index (χ2n) is 4.05. The maximum atomic E-state index is 11.9. The molecule has 1 aromatic rings. The molecule has 102 valence electrons. The van der Waals surface area contributed by atoms with Crippen LogP contribution >= 0.6 is 0 Å². The number of carbonyl (C=O) groups is 2. The van der Waals surface area contributed by atoms with Crippen LogP contribution in [-0.4, -0.2) is 30.1 Å². The first-order valence-electron chi connectivity index (χ1n) is 5.90. The third-order valence-corrected chi connectivity index (χ3v) is 2.48. The molecular weight excluding hydrogens is 246 g/mol. The summed E-state index contributed by atoms with van der Waals surface area (Å²) in [6.45, 7) is 5.44. The SMILES string of the molecule is C=CCOc1ccccc1C(=O)NCC(C)C(=O)O. The third kappa shape index (κ3) is 4.46. The zero-order valence-electron chi connectivity index (χ0n) is 10.8. The van der Waals surface area contributed by atoms with Gasteiger partial charge in [-0.05, 0) is 12.1 Å². The monoisotopic (exact) mass is 263 g/mol. The molecule has 0 saturated carbocycles. The number of aliphatic carboxylic acids is 1. The molecule has 1 aromatic carbocycles. The first-order valence-corrected chi connectivity index (χ1v) is 5.90. The van der Waals surface area contributed by atoms with Crippen LogP contribution in [0.2, 0.25) is 0 Å². The molecule has 1 unspecified atom stereocenters. The summed E-state index contributed by atoms with van der Waals surface area (Å²) in [5.41, 5.74) is 0.377. The van der Waals surface area contributed by atoms with Crippen LogP contribution in [0.15, 0.2) is 36.9 Å². The number of rotatable bonds is 7. The largest absolute Gasteiger partial charge is 0.489 e. The van der Waals surface area contributed by atoms with Crippen molar-refractivity contribution in [3.8, 4) is 5.75 Å². The van der Waals surface area contributed by atoms with E-state index in [1.54, 1.807) is 30.3 Å². The number of hydrogen-bond donors (Lipinski definition) is 2. The van der Waals surface area contributed by atoms with Gasteiger partial charge in [0, 0.05) is 6.54 Å². The summed E-state index contributed by atoms with van der Waals surface area (Å²) in [6.07, 6.45) is 1.58. The molecule has 0 spiro atoms. The first-order chi connectivity index (χ1) is 9.06. The van der Waals surface area contributed by atoms with E-state index >= 15 is 0 Å². The average Bonchev–Trinajstić information content (AvgIpc) is 2.42. The molecule has 2 N–H and O–H groups in total. The highest BCUT2D eigenvalue weighted by molar-refractivity contribution is 5.97. The third-order valence-electron chi connectivity index (χ3n) is 2.48. The molecule has 5 heteroatoms. The zero-order chi connectivity index (χ0) is 14.3. The Bertz CT molecular complexity index is 470. The molecule has 19 heavy (non-hydrogen) atoms. The summed E-state index contributed by atoms with van der Waals surface area (Å²) >= 11 is 0. The van der Waals surface area contributed by atoms with E-state index in [0.717, 1.165) is 0 Å². The number of carbonyl (C=O) groups excluding carboxylic acids is 1. The quantitative estimate of drug-likeness (QED) is 0.734. The van der Waals surface area contributed by atoms with Crippen molar-refractivity contribution < 1.29 is 19.4 Å². The van der Waals surface area contributed by atoms with Crippen molar-refractivity contribution in [1.82, 2.24) is 5.32 Å². The Morgan fingerprint density at radius 2 is 2.16 bits per heavy atom. The van der Waals surface area contributed by atoms with Crippen LogP contribution in [0.1, 0.15) is 17.3 Å². The minimum atomic E-state index is -0.948. The molecule has 5 nitrogen and oxygen atoms in total.